The number of aryl methyl sites for hydroxylation is 1. The fraction of sp³-hybridized carbons (Fsp3) is 0.333. The van der Waals surface area contributed by atoms with E-state index >= 15 is 0 Å². The van der Waals surface area contributed by atoms with E-state index in [0.717, 1.165) is 18.7 Å². The fourth-order valence-electron chi connectivity index (χ4n) is 1.68. The highest BCUT2D eigenvalue weighted by Gasteiger charge is 2.13. The second-order valence-corrected chi connectivity index (χ2v) is 3.97. The zero-order valence-corrected chi connectivity index (χ0v) is 10.3. The number of aromatic nitrogens is 3. The van der Waals surface area contributed by atoms with Crippen LogP contribution in [-0.2, 0) is 12.3 Å². The molecule has 3 nitrogen and oxygen atoms in total. The van der Waals surface area contributed by atoms with Crippen molar-refractivity contribution in [3.8, 4) is 5.82 Å². The van der Waals surface area contributed by atoms with Gasteiger partial charge in [-0.3, -0.25) is 4.57 Å². The molecule has 0 amide bonds. The monoisotopic (exact) mass is 253 g/mol. The Morgan fingerprint density at radius 1 is 1.35 bits per heavy atom. The first kappa shape index (κ1) is 12.0. The maximum atomic E-state index is 14.1. The number of alkyl halides is 1. The van der Waals surface area contributed by atoms with Crippen LogP contribution in [0.25, 0.3) is 5.82 Å². The number of rotatable bonds is 4. The molecule has 0 aromatic carbocycles. The molecule has 0 saturated heterocycles. The number of halogens is 2. The van der Waals surface area contributed by atoms with Gasteiger partial charge in [-0.05, 0) is 12.5 Å². The second kappa shape index (κ2) is 5.27. The van der Waals surface area contributed by atoms with Crippen molar-refractivity contribution in [2.45, 2.75) is 25.6 Å². The van der Waals surface area contributed by atoms with Gasteiger partial charge in [-0.25, -0.2) is 14.4 Å². The Kier molecular flexibility index (Phi) is 3.74. The Bertz CT molecular complexity index is 510. The third-order valence-corrected chi connectivity index (χ3v) is 2.80. The molecule has 2 aromatic heterocycles. The van der Waals surface area contributed by atoms with Crippen molar-refractivity contribution in [3.05, 3.63) is 41.9 Å². The summed E-state index contributed by atoms with van der Waals surface area (Å²) in [7, 11) is 0. The van der Waals surface area contributed by atoms with E-state index in [1.165, 1.54) is 0 Å². The lowest BCUT2D eigenvalue weighted by Crippen LogP contribution is -2.06. The van der Waals surface area contributed by atoms with Crippen LogP contribution in [0.2, 0.25) is 0 Å². The standard InChI is InChI=1S/C12H13ClFN3/c1-2-3-10-15-6-7-17(10)12-11(14)9(8-13)4-5-16-12/h4-7H,2-3,8H2,1H3. The Hall–Kier alpha value is -1.42. The first-order chi connectivity index (χ1) is 8.27. The summed E-state index contributed by atoms with van der Waals surface area (Å²) < 4.78 is 15.7. The smallest absolute Gasteiger partial charge is 0.174 e. The lowest BCUT2D eigenvalue weighted by Gasteiger charge is -2.09. The summed E-state index contributed by atoms with van der Waals surface area (Å²) in [5, 5.41) is 0. The van der Waals surface area contributed by atoms with Gasteiger partial charge in [-0.1, -0.05) is 6.92 Å². The summed E-state index contributed by atoms with van der Waals surface area (Å²) in [4.78, 5) is 8.26. The predicted molar refractivity (Wildman–Crippen MR) is 64.9 cm³/mol. The minimum atomic E-state index is -0.377. The highest BCUT2D eigenvalue weighted by molar-refractivity contribution is 6.17. The van der Waals surface area contributed by atoms with Gasteiger partial charge in [0.05, 0.1) is 5.88 Å². The Balaban J connectivity index is 2.49. The number of nitrogens with zero attached hydrogens (tertiary/aromatic N) is 3. The van der Waals surface area contributed by atoms with Gasteiger partial charge in [0.1, 0.15) is 5.82 Å². The van der Waals surface area contributed by atoms with Crippen LogP contribution in [0.15, 0.2) is 24.7 Å². The van der Waals surface area contributed by atoms with Gasteiger partial charge < -0.3 is 0 Å². The Morgan fingerprint density at radius 3 is 2.88 bits per heavy atom. The third kappa shape index (κ3) is 2.31. The number of hydrogen-bond acceptors (Lipinski definition) is 2. The van der Waals surface area contributed by atoms with Crippen LogP contribution in [0.4, 0.5) is 4.39 Å². The molecule has 0 atom stereocenters. The van der Waals surface area contributed by atoms with E-state index in [1.807, 2.05) is 0 Å². The van der Waals surface area contributed by atoms with E-state index in [0.29, 0.717) is 5.56 Å². The maximum absolute atomic E-state index is 14.1. The number of pyridine rings is 1. The summed E-state index contributed by atoms with van der Waals surface area (Å²) in [6.07, 6.45) is 6.67. The van der Waals surface area contributed by atoms with Gasteiger partial charge in [-0.15, -0.1) is 11.6 Å². The quantitative estimate of drug-likeness (QED) is 0.784. The summed E-state index contributed by atoms with van der Waals surface area (Å²) in [5.41, 5.74) is 0.452. The average molecular weight is 254 g/mol. The molecule has 2 rings (SSSR count). The molecule has 0 N–H and O–H groups in total. The number of imidazole rings is 1. The minimum Gasteiger partial charge on any atom is -0.285 e. The summed E-state index contributed by atoms with van der Waals surface area (Å²) >= 11 is 5.67. The SMILES string of the molecule is CCCc1nccn1-c1nccc(CCl)c1F. The van der Waals surface area contributed by atoms with Crippen molar-refractivity contribution >= 4 is 11.6 Å². The van der Waals surface area contributed by atoms with Gasteiger partial charge in [0.15, 0.2) is 11.6 Å². The minimum absolute atomic E-state index is 0.138. The molecular weight excluding hydrogens is 241 g/mol. The Morgan fingerprint density at radius 2 is 2.18 bits per heavy atom. The van der Waals surface area contributed by atoms with Crippen LogP contribution in [0.1, 0.15) is 24.7 Å². The topological polar surface area (TPSA) is 30.7 Å². The molecule has 0 spiro atoms. The molecule has 0 bridgehead atoms. The summed E-state index contributed by atoms with van der Waals surface area (Å²) in [6.45, 7) is 2.05. The molecule has 0 radical (unpaired) electrons. The normalized spacial score (nSPS) is 10.8. The molecule has 0 aliphatic carbocycles. The van der Waals surface area contributed by atoms with Gasteiger partial charge >= 0.3 is 0 Å². The average Bonchev–Trinajstić information content (AvgIpc) is 2.78. The van der Waals surface area contributed by atoms with Gasteiger partial charge in [0, 0.05) is 30.6 Å². The van der Waals surface area contributed by atoms with Crippen LogP contribution in [0, 0.1) is 5.82 Å². The Labute approximate surface area is 104 Å². The second-order valence-electron chi connectivity index (χ2n) is 3.70. The predicted octanol–water partition coefficient (Wildman–Crippen LogP) is 3.10. The van der Waals surface area contributed by atoms with E-state index in [-0.39, 0.29) is 17.5 Å². The zero-order valence-electron chi connectivity index (χ0n) is 9.53. The van der Waals surface area contributed by atoms with Gasteiger partial charge in [0.2, 0.25) is 0 Å². The van der Waals surface area contributed by atoms with E-state index in [4.69, 9.17) is 11.6 Å². The molecule has 17 heavy (non-hydrogen) atoms. The molecule has 0 fully saturated rings. The first-order valence-electron chi connectivity index (χ1n) is 5.49. The van der Waals surface area contributed by atoms with Crippen LogP contribution in [-0.4, -0.2) is 14.5 Å². The molecule has 0 aliphatic rings. The fourth-order valence-corrected chi connectivity index (χ4v) is 1.88. The van der Waals surface area contributed by atoms with E-state index in [1.54, 1.807) is 29.2 Å². The van der Waals surface area contributed by atoms with Crippen molar-refractivity contribution in [1.82, 2.24) is 14.5 Å². The van der Waals surface area contributed by atoms with Crippen molar-refractivity contribution < 1.29 is 4.39 Å². The molecule has 0 unspecified atom stereocenters. The summed E-state index contributed by atoms with van der Waals surface area (Å²) in [6, 6.07) is 1.59. The highest BCUT2D eigenvalue weighted by atomic mass is 35.5. The van der Waals surface area contributed by atoms with Crippen molar-refractivity contribution in [2.24, 2.45) is 0 Å². The largest absolute Gasteiger partial charge is 0.285 e. The molecular formula is C12H13ClFN3. The van der Waals surface area contributed by atoms with Gasteiger partial charge in [-0.2, -0.15) is 0 Å². The lowest BCUT2D eigenvalue weighted by molar-refractivity contribution is 0.594. The zero-order chi connectivity index (χ0) is 12.3. The number of hydrogen-bond donors (Lipinski definition) is 0. The van der Waals surface area contributed by atoms with E-state index in [9.17, 15) is 4.39 Å². The van der Waals surface area contributed by atoms with Crippen LogP contribution >= 0.6 is 11.6 Å². The summed E-state index contributed by atoms with van der Waals surface area (Å²) in [5.74, 6) is 0.840. The molecule has 90 valence electrons. The maximum Gasteiger partial charge on any atom is 0.174 e. The molecule has 5 heteroatoms. The van der Waals surface area contributed by atoms with Crippen molar-refractivity contribution in [2.75, 3.05) is 0 Å². The van der Waals surface area contributed by atoms with Crippen molar-refractivity contribution in [1.29, 1.82) is 0 Å². The highest BCUT2D eigenvalue weighted by Crippen LogP contribution is 2.18. The molecule has 2 aromatic rings. The first-order valence-corrected chi connectivity index (χ1v) is 6.03. The van der Waals surface area contributed by atoms with Crippen LogP contribution in [0.3, 0.4) is 0 Å². The van der Waals surface area contributed by atoms with E-state index in [2.05, 4.69) is 16.9 Å². The molecule has 0 aliphatic heterocycles. The van der Waals surface area contributed by atoms with Gasteiger partial charge in [0.25, 0.3) is 0 Å². The molecule has 2 heterocycles. The van der Waals surface area contributed by atoms with Crippen LogP contribution < -0.4 is 0 Å². The van der Waals surface area contributed by atoms with Crippen LogP contribution in [0.5, 0.6) is 0 Å². The molecule has 0 saturated carbocycles. The third-order valence-electron chi connectivity index (χ3n) is 2.51. The lowest BCUT2D eigenvalue weighted by atomic mass is 10.2. The van der Waals surface area contributed by atoms with Crippen molar-refractivity contribution in [3.63, 3.8) is 0 Å². The van der Waals surface area contributed by atoms with E-state index < -0.39 is 0 Å².